The normalized spacial score (nSPS) is 9.21. The van der Waals surface area contributed by atoms with E-state index in [0.717, 1.165) is 0 Å². The first-order valence-electron chi connectivity index (χ1n) is 3.56. The van der Waals surface area contributed by atoms with E-state index in [0.29, 0.717) is 5.75 Å². The van der Waals surface area contributed by atoms with Crippen LogP contribution in [0.3, 0.4) is 0 Å². The average molecular weight is 210 g/mol. The molecule has 0 N–H and O–H groups in total. The molecule has 0 aliphatic rings. The fourth-order valence-electron chi connectivity index (χ4n) is 0.988. The molecule has 0 atom stereocenters. The third-order valence-corrected chi connectivity index (χ3v) is 2.09. The SMILES string of the molecule is COc1ccc([N+](=O)[O-])c(C#N)c1S. The summed E-state index contributed by atoms with van der Waals surface area (Å²) in [7, 11) is 1.40. The Morgan fingerprint density at radius 3 is 2.71 bits per heavy atom. The van der Waals surface area contributed by atoms with Gasteiger partial charge in [0, 0.05) is 6.07 Å². The largest absolute Gasteiger partial charge is 0.496 e. The molecule has 0 aromatic heterocycles. The molecule has 0 saturated carbocycles. The van der Waals surface area contributed by atoms with Crippen LogP contribution in [0, 0.1) is 21.4 Å². The summed E-state index contributed by atoms with van der Waals surface area (Å²) in [5.41, 5.74) is -0.351. The Morgan fingerprint density at radius 2 is 2.29 bits per heavy atom. The van der Waals surface area contributed by atoms with E-state index in [1.165, 1.54) is 19.2 Å². The molecule has 5 nitrogen and oxygen atoms in total. The number of nitriles is 1. The molecule has 0 aliphatic carbocycles. The van der Waals surface area contributed by atoms with Gasteiger partial charge in [-0.05, 0) is 6.07 Å². The first-order chi connectivity index (χ1) is 6.61. The van der Waals surface area contributed by atoms with Crippen LogP contribution in [-0.4, -0.2) is 12.0 Å². The van der Waals surface area contributed by atoms with Crippen LogP contribution in [0.4, 0.5) is 5.69 Å². The number of nitro benzene ring substituents is 1. The van der Waals surface area contributed by atoms with Crippen LogP contribution >= 0.6 is 12.6 Å². The fraction of sp³-hybridized carbons (Fsp3) is 0.125. The summed E-state index contributed by atoms with van der Waals surface area (Å²) in [4.78, 5) is 10.1. The smallest absolute Gasteiger partial charge is 0.288 e. The van der Waals surface area contributed by atoms with Crippen LogP contribution in [0.15, 0.2) is 17.0 Å². The maximum Gasteiger partial charge on any atom is 0.288 e. The number of methoxy groups -OCH3 is 1. The van der Waals surface area contributed by atoms with E-state index >= 15 is 0 Å². The lowest BCUT2D eigenvalue weighted by molar-refractivity contribution is -0.385. The minimum absolute atomic E-state index is 0.0855. The van der Waals surface area contributed by atoms with Crippen molar-refractivity contribution in [3.63, 3.8) is 0 Å². The molecule has 0 bridgehead atoms. The Morgan fingerprint density at radius 1 is 1.64 bits per heavy atom. The molecular formula is C8H6N2O3S. The van der Waals surface area contributed by atoms with Gasteiger partial charge in [-0.2, -0.15) is 5.26 Å². The molecule has 0 radical (unpaired) electrons. The molecular weight excluding hydrogens is 204 g/mol. The lowest BCUT2D eigenvalue weighted by atomic mass is 10.2. The van der Waals surface area contributed by atoms with Crippen molar-refractivity contribution < 1.29 is 9.66 Å². The molecule has 0 unspecified atom stereocenters. The summed E-state index contributed by atoms with van der Waals surface area (Å²) in [5.74, 6) is 0.343. The molecule has 0 heterocycles. The molecule has 14 heavy (non-hydrogen) atoms. The van der Waals surface area contributed by atoms with Crippen molar-refractivity contribution in [2.45, 2.75) is 4.90 Å². The zero-order chi connectivity index (χ0) is 10.7. The van der Waals surface area contributed by atoms with Crippen molar-refractivity contribution in [3.8, 4) is 11.8 Å². The van der Waals surface area contributed by atoms with Gasteiger partial charge in [-0.1, -0.05) is 0 Å². The van der Waals surface area contributed by atoms with Crippen molar-refractivity contribution in [1.29, 1.82) is 5.26 Å². The van der Waals surface area contributed by atoms with Gasteiger partial charge < -0.3 is 4.74 Å². The van der Waals surface area contributed by atoms with Crippen LogP contribution in [0.25, 0.3) is 0 Å². The summed E-state index contributed by atoms with van der Waals surface area (Å²) < 4.78 is 4.87. The first kappa shape index (κ1) is 10.3. The van der Waals surface area contributed by atoms with E-state index in [-0.39, 0.29) is 16.1 Å². The van der Waals surface area contributed by atoms with Gasteiger partial charge in [-0.3, -0.25) is 10.1 Å². The van der Waals surface area contributed by atoms with Gasteiger partial charge in [-0.25, -0.2) is 0 Å². The number of hydrogen-bond acceptors (Lipinski definition) is 5. The summed E-state index contributed by atoms with van der Waals surface area (Å²) in [6, 6.07) is 4.35. The molecule has 1 aromatic carbocycles. The average Bonchev–Trinajstić information content (AvgIpc) is 2.17. The zero-order valence-electron chi connectivity index (χ0n) is 7.22. The number of thiol groups is 1. The minimum Gasteiger partial charge on any atom is -0.496 e. The number of hydrogen-bond donors (Lipinski definition) is 1. The van der Waals surface area contributed by atoms with Crippen molar-refractivity contribution in [1.82, 2.24) is 0 Å². The van der Waals surface area contributed by atoms with E-state index in [2.05, 4.69) is 12.6 Å². The molecule has 0 spiro atoms. The predicted molar refractivity (Wildman–Crippen MR) is 51.6 cm³/mol. The molecule has 72 valence electrons. The molecule has 6 heteroatoms. The van der Waals surface area contributed by atoms with Crippen LogP contribution in [0.5, 0.6) is 5.75 Å². The second kappa shape index (κ2) is 3.98. The van der Waals surface area contributed by atoms with E-state index in [1.54, 1.807) is 6.07 Å². The fourth-order valence-corrected chi connectivity index (χ4v) is 1.32. The van der Waals surface area contributed by atoms with Crippen LogP contribution < -0.4 is 4.74 Å². The summed E-state index contributed by atoms with van der Waals surface area (Å²) in [6.45, 7) is 0. The second-order valence-corrected chi connectivity index (χ2v) is 2.83. The van der Waals surface area contributed by atoms with E-state index in [9.17, 15) is 10.1 Å². The number of ether oxygens (including phenoxy) is 1. The maximum absolute atomic E-state index is 10.5. The lowest BCUT2D eigenvalue weighted by Gasteiger charge is -2.04. The monoisotopic (exact) mass is 210 g/mol. The Balaban J connectivity index is 3.45. The van der Waals surface area contributed by atoms with Gasteiger partial charge in [0.05, 0.1) is 16.9 Å². The highest BCUT2D eigenvalue weighted by atomic mass is 32.1. The van der Waals surface area contributed by atoms with Gasteiger partial charge in [0.2, 0.25) is 0 Å². The molecule has 0 aliphatic heterocycles. The predicted octanol–water partition coefficient (Wildman–Crippen LogP) is 1.76. The van der Waals surface area contributed by atoms with Crippen LogP contribution in [0.2, 0.25) is 0 Å². The standard InChI is InChI=1S/C8H6N2O3S/c1-13-7-3-2-6(10(11)12)5(4-9)8(7)14/h2-3,14H,1H3. The Bertz CT molecular complexity index is 425. The van der Waals surface area contributed by atoms with Crippen molar-refractivity contribution in [3.05, 3.63) is 27.8 Å². The van der Waals surface area contributed by atoms with E-state index < -0.39 is 4.92 Å². The van der Waals surface area contributed by atoms with E-state index in [1.807, 2.05) is 0 Å². The maximum atomic E-state index is 10.5. The van der Waals surface area contributed by atoms with Crippen LogP contribution in [-0.2, 0) is 0 Å². The number of nitrogens with zero attached hydrogens (tertiary/aromatic N) is 2. The van der Waals surface area contributed by atoms with Gasteiger partial charge in [-0.15, -0.1) is 12.6 Å². The second-order valence-electron chi connectivity index (χ2n) is 2.38. The van der Waals surface area contributed by atoms with Crippen molar-refractivity contribution in [2.75, 3.05) is 7.11 Å². The summed E-state index contributed by atoms with van der Waals surface area (Å²) in [5, 5.41) is 19.2. The van der Waals surface area contributed by atoms with Crippen molar-refractivity contribution >= 4 is 18.3 Å². The number of benzene rings is 1. The van der Waals surface area contributed by atoms with Gasteiger partial charge in [0.15, 0.2) is 0 Å². The number of rotatable bonds is 2. The number of nitro groups is 1. The lowest BCUT2D eigenvalue weighted by Crippen LogP contribution is -1.95. The quantitative estimate of drug-likeness (QED) is 0.458. The molecule has 1 aromatic rings. The van der Waals surface area contributed by atoms with Gasteiger partial charge in [0.25, 0.3) is 5.69 Å². The topological polar surface area (TPSA) is 76.2 Å². The third kappa shape index (κ3) is 1.63. The highest BCUT2D eigenvalue weighted by Crippen LogP contribution is 2.32. The third-order valence-electron chi connectivity index (χ3n) is 1.65. The highest BCUT2D eigenvalue weighted by molar-refractivity contribution is 7.80. The highest BCUT2D eigenvalue weighted by Gasteiger charge is 2.18. The Labute approximate surface area is 85.5 Å². The Kier molecular flexibility index (Phi) is 2.94. The van der Waals surface area contributed by atoms with Gasteiger partial charge >= 0.3 is 0 Å². The summed E-state index contributed by atoms with van der Waals surface area (Å²) in [6.07, 6.45) is 0. The molecule has 0 amide bonds. The molecule has 0 saturated heterocycles. The van der Waals surface area contributed by atoms with Crippen LogP contribution in [0.1, 0.15) is 5.56 Å². The first-order valence-corrected chi connectivity index (χ1v) is 4.01. The van der Waals surface area contributed by atoms with E-state index in [4.69, 9.17) is 10.00 Å². The summed E-state index contributed by atoms with van der Waals surface area (Å²) >= 11 is 3.98. The molecule has 1 rings (SSSR count). The Hall–Kier alpha value is -1.74. The van der Waals surface area contributed by atoms with Crippen molar-refractivity contribution in [2.24, 2.45) is 0 Å². The minimum atomic E-state index is -0.627. The zero-order valence-corrected chi connectivity index (χ0v) is 8.12. The molecule has 0 fully saturated rings. The van der Waals surface area contributed by atoms with Gasteiger partial charge in [0.1, 0.15) is 17.4 Å².